The molecule has 2 rings (SSSR count). The first-order chi connectivity index (χ1) is 13.3. The number of nitrogens with one attached hydrogen (secondary N) is 1. The van der Waals surface area contributed by atoms with E-state index in [1.54, 1.807) is 36.0 Å². The highest BCUT2D eigenvalue weighted by Gasteiger charge is 2.34. The molecule has 0 aromatic carbocycles. The second-order valence-corrected chi connectivity index (χ2v) is 8.16. The van der Waals surface area contributed by atoms with Gasteiger partial charge in [0, 0.05) is 36.7 Å². The monoisotopic (exact) mass is 456 g/mol. The zero-order valence-electron chi connectivity index (χ0n) is 16.8. The number of carbonyl (C=O) groups is 2. The van der Waals surface area contributed by atoms with Crippen LogP contribution in [0.4, 0.5) is 4.79 Å². The van der Waals surface area contributed by atoms with Crippen LogP contribution < -0.4 is 10.1 Å². The van der Waals surface area contributed by atoms with E-state index in [0.717, 1.165) is 6.42 Å². The van der Waals surface area contributed by atoms with E-state index in [0.29, 0.717) is 29.7 Å². The van der Waals surface area contributed by atoms with Gasteiger partial charge in [0.1, 0.15) is 11.7 Å². The lowest BCUT2D eigenvalue weighted by atomic mass is 10.0. The number of nitrogens with zero attached hydrogens (tertiary/aromatic N) is 3. The van der Waals surface area contributed by atoms with E-state index >= 15 is 0 Å². The van der Waals surface area contributed by atoms with Gasteiger partial charge in [-0.05, 0) is 35.3 Å². The van der Waals surface area contributed by atoms with Gasteiger partial charge in [0.2, 0.25) is 5.88 Å². The van der Waals surface area contributed by atoms with E-state index in [4.69, 9.17) is 4.74 Å². The van der Waals surface area contributed by atoms with Crippen LogP contribution in [0.2, 0.25) is 0 Å². The summed E-state index contributed by atoms with van der Waals surface area (Å²) in [6.45, 7) is 6.99. The molecule has 1 aliphatic rings. The molecule has 0 spiro atoms. The largest absolute Gasteiger partial charge is 0.472 e. The van der Waals surface area contributed by atoms with Crippen molar-refractivity contribution in [2.24, 2.45) is 5.92 Å². The molecule has 8 nitrogen and oxygen atoms in total. The number of aliphatic hydroxyl groups is 1. The van der Waals surface area contributed by atoms with Gasteiger partial charge in [-0.3, -0.25) is 4.79 Å². The Balaban J connectivity index is 2.31. The second-order valence-electron chi connectivity index (χ2n) is 7.24. The van der Waals surface area contributed by atoms with Crippen LogP contribution in [-0.4, -0.2) is 77.3 Å². The summed E-state index contributed by atoms with van der Waals surface area (Å²) in [5.74, 6) is -0.0649. The van der Waals surface area contributed by atoms with Crippen molar-refractivity contribution in [2.45, 2.75) is 39.3 Å². The molecule has 2 heterocycles. The zero-order valence-corrected chi connectivity index (χ0v) is 18.4. The van der Waals surface area contributed by atoms with E-state index in [9.17, 15) is 14.7 Å². The van der Waals surface area contributed by atoms with Crippen molar-refractivity contribution >= 4 is 27.9 Å². The molecular formula is C19H29BrN4O4. The van der Waals surface area contributed by atoms with Gasteiger partial charge in [0.05, 0.1) is 19.2 Å². The molecule has 0 fully saturated rings. The molecule has 0 aliphatic carbocycles. The smallest absolute Gasteiger partial charge is 0.317 e. The Labute approximate surface area is 174 Å². The van der Waals surface area contributed by atoms with Gasteiger partial charge in [-0.15, -0.1) is 0 Å². The standard InChI is InChI=1S/C19H29BrN4O4/c1-5-6-21-19(27)23(4)10-16-12(2)9-24(13(3)11-25)18(26)15-7-14(20)8-22-17(15)28-16/h7-8,12-13,16,25H,5-6,9-11H2,1-4H3,(H,21,27)/t12-,13-,16+/m0/s1. The third-order valence-corrected chi connectivity index (χ3v) is 5.25. The number of urea groups is 1. The Bertz CT molecular complexity index is 703. The van der Waals surface area contributed by atoms with Crippen LogP contribution in [0, 0.1) is 5.92 Å². The Kier molecular flexibility index (Phi) is 8.06. The zero-order chi connectivity index (χ0) is 20.8. The van der Waals surface area contributed by atoms with E-state index in [-0.39, 0.29) is 42.5 Å². The molecule has 0 saturated carbocycles. The first-order valence-electron chi connectivity index (χ1n) is 9.51. The van der Waals surface area contributed by atoms with Gasteiger partial charge in [0.15, 0.2) is 0 Å². The number of fused-ring (bicyclic) bond motifs is 1. The summed E-state index contributed by atoms with van der Waals surface area (Å²) >= 11 is 3.35. The third kappa shape index (κ3) is 5.35. The SMILES string of the molecule is CCCNC(=O)N(C)C[C@H]1Oc2ncc(Br)cc2C(=O)N([C@@H](C)CO)C[C@@H]1C. The Morgan fingerprint density at radius 3 is 2.93 bits per heavy atom. The van der Waals surface area contributed by atoms with Crippen molar-refractivity contribution in [3.8, 4) is 5.88 Å². The van der Waals surface area contributed by atoms with Crippen molar-refractivity contribution in [1.82, 2.24) is 20.1 Å². The lowest BCUT2D eigenvalue weighted by Gasteiger charge is -2.37. The maximum atomic E-state index is 13.0. The van der Waals surface area contributed by atoms with Crippen molar-refractivity contribution < 1.29 is 19.4 Å². The number of rotatable bonds is 6. The maximum Gasteiger partial charge on any atom is 0.317 e. The number of aliphatic hydroxyl groups excluding tert-OH is 1. The molecule has 1 aromatic rings. The summed E-state index contributed by atoms with van der Waals surface area (Å²) in [5.41, 5.74) is 0.338. The van der Waals surface area contributed by atoms with Gasteiger partial charge in [-0.25, -0.2) is 9.78 Å². The topological polar surface area (TPSA) is 95.0 Å². The maximum absolute atomic E-state index is 13.0. The predicted molar refractivity (Wildman–Crippen MR) is 109 cm³/mol. The van der Waals surface area contributed by atoms with Crippen LogP contribution in [0.5, 0.6) is 5.88 Å². The van der Waals surface area contributed by atoms with Gasteiger partial charge >= 0.3 is 6.03 Å². The minimum Gasteiger partial charge on any atom is -0.472 e. The molecule has 28 heavy (non-hydrogen) atoms. The van der Waals surface area contributed by atoms with Crippen LogP contribution in [0.1, 0.15) is 37.6 Å². The van der Waals surface area contributed by atoms with E-state index in [1.807, 2.05) is 13.8 Å². The fourth-order valence-corrected chi connectivity index (χ4v) is 3.35. The van der Waals surface area contributed by atoms with Crippen molar-refractivity contribution in [2.75, 3.05) is 33.3 Å². The van der Waals surface area contributed by atoms with Gasteiger partial charge in [-0.1, -0.05) is 13.8 Å². The number of hydrogen-bond donors (Lipinski definition) is 2. The highest BCUT2D eigenvalue weighted by molar-refractivity contribution is 9.10. The molecule has 1 aliphatic heterocycles. The summed E-state index contributed by atoms with van der Waals surface area (Å²) in [5, 5.41) is 12.5. The molecule has 0 saturated heterocycles. The first kappa shape index (κ1) is 22.4. The van der Waals surface area contributed by atoms with Crippen molar-refractivity contribution in [3.63, 3.8) is 0 Å². The lowest BCUT2D eigenvalue weighted by Crippen LogP contribution is -2.51. The predicted octanol–water partition coefficient (Wildman–Crippen LogP) is 2.12. The van der Waals surface area contributed by atoms with Crippen molar-refractivity contribution in [1.29, 1.82) is 0 Å². The Hall–Kier alpha value is -1.87. The fraction of sp³-hybridized carbons (Fsp3) is 0.632. The summed E-state index contributed by atoms with van der Waals surface area (Å²) < 4.78 is 6.77. The average Bonchev–Trinajstić information content (AvgIpc) is 2.68. The number of halogens is 1. The molecule has 3 amide bonds. The van der Waals surface area contributed by atoms with Gasteiger partial charge in [-0.2, -0.15) is 0 Å². The molecule has 0 bridgehead atoms. The molecule has 0 radical (unpaired) electrons. The highest BCUT2D eigenvalue weighted by Crippen LogP contribution is 2.28. The highest BCUT2D eigenvalue weighted by atomic mass is 79.9. The van der Waals surface area contributed by atoms with E-state index in [1.165, 1.54) is 0 Å². The van der Waals surface area contributed by atoms with Crippen LogP contribution in [0.3, 0.4) is 0 Å². The number of likely N-dealkylation sites (N-methyl/N-ethyl adjacent to an activating group) is 1. The number of aromatic nitrogens is 1. The number of hydrogen-bond acceptors (Lipinski definition) is 5. The second kappa shape index (κ2) is 10.1. The Morgan fingerprint density at radius 1 is 1.57 bits per heavy atom. The summed E-state index contributed by atoms with van der Waals surface area (Å²) in [6.07, 6.45) is 2.08. The molecule has 9 heteroatoms. The molecular weight excluding hydrogens is 428 g/mol. The van der Waals surface area contributed by atoms with Crippen LogP contribution >= 0.6 is 15.9 Å². The normalized spacial score (nSPS) is 20.5. The number of carbonyl (C=O) groups excluding carboxylic acids is 2. The Morgan fingerprint density at radius 2 is 2.29 bits per heavy atom. The number of ether oxygens (including phenoxy) is 1. The van der Waals surface area contributed by atoms with Crippen molar-refractivity contribution in [3.05, 3.63) is 22.3 Å². The van der Waals surface area contributed by atoms with Gasteiger partial charge in [0.25, 0.3) is 5.91 Å². The summed E-state index contributed by atoms with van der Waals surface area (Å²) in [6, 6.07) is 1.17. The molecule has 0 unspecified atom stereocenters. The molecule has 156 valence electrons. The van der Waals surface area contributed by atoms with Crippen LogP contribution in [-0.2, 0) is 0 Å². The quantitative estimate of drug-likeness (QED) is 0.683. The van der Waals surface area contributed by atoms with Crippen LogP contribution in [0.25, 0.3) is 0 Å². The third-order valence-electron chi connectivity index (χ3n) is 4.81. The molecule has 3 atom stereocenters. The minimum absolute atomic E-state index is 0.0713. The number of amides is 3. The molecule has 1 aromatic heterocycles. The van der Waals surface area contributed by atoms with Crippen LogP contribution in [0.15, 0.2) is 16.7 Å². The van der Waals surface area contributed by atoms with E-state index < -0.39 is 0 Å². The summed E-state index contributed by atoms with van der Waals surface area (Å²) in [4.78, 5) is 32.8. The summed E-state index contributed by atoms with van der Waals surface area (Å²) in [7, 11) is 1.72. The fourth-order valence-electron chi connectivity index (χ4n) is 3.01. The number of pyridine rings is 1. The average molecular weight is 457 g/mol. The molecule has 2 N–H and O–H groups in total. The first-order valence-corrected chi connectivity index (χ1v) is 10.3. The van der Waals surface area contributed by atoms with E-state index in [2.05, 4.69) is 26.2 Å². The van der Waals surface area contributed by atoms with Gasteiger partial charge < -0.3 is 25.0 Å². The minimum atomic E-state index is -0.355. The lowest BCUT2D eigenvalue weighted by molar-refractivity contribution is 0.0352.